The first-order valence-electron chi connectivity index (χ1n) is 4.31. The average Bonchev–Trinajstić information content (AvgIpc) is 2.14. The van der Waals surface area contributed by atoms with E-state index in [9.17, 15) is 9.18 Å². The minimum Gasteiger partial charge on any atom is -0.481 e. The van der Waals surface area contributed by atoms with E-state index in [0.29, 0.717) is 5.56 Å². The van der Waals surface area contributed by atoms with E-state index in [4.69, 9.17) is 10.8 Å². The van der Waals surface area contributed by atoms with Gasteiger partial charge in [-0.1, -0.05) is 12.1 Å². The lowest BCUT2D eigenvalue weighted by atomic mass is 10.00. The number of hydrogen-bond acceptors (Lipinski definition) is 2. The minimum atomic E-state index is -0.947. The van der Waals surface area contributed by atoms with Gasteiger partial charge in [-0.15, -0.1) is 12.4 Å². The molecule has 0 radical (unpaired) electrons. The first-order valence-corrected chi connectivity index (χ1v) is 4.31. The summed E-state index contributed by atoms with van der Waals surface area (Å²) in [6, 6.07) is 5.89. The molecular weight excluding hydrogens is 221 g/mol. The number of aliphatic carboxylic acids is 1. The van der Waals surface area contributed by atoms with Gasteiger partial charge in [-0.25, -0.2) is 4.39 Å². The van der Waals surface area contributed by atoms with Crippen molar-refractivity contribution in [2.24, 2.45) is 11.7 Å². The van der Waals surface area contributed by atoms with Crippen molar-refractivity contribution in [3.05, 3.63) is 35.6 Å². The maximum Gasteiger partial charge on any atom is 0.308 e. The summed E-state index contributed by atoms with van der Waals surface area (Å²) in [6.45, 7) is 0.0614. The molecule has 1 rings (SSSR count). The molecule has 15 heavy (non-hydrogen) atoms. The second kappa shape index (κ2) is 6.37. The van der Waals surface area contributed by atoms with E-state index in [2.05, 4.69) is 0 Å². The van der Waals surface area contributed by atoms with Gasteiger partial charge in [0.1, 0.15) is 5.82 Å². The SMILES string of the molecule is Cl.NC[C@@H](Cc1cccc(F)c1)C(=O)O. The van der Waals surface area contributed by atoms with Crippen LogP contribution in [0.3, 0.4) is 0 Å². The van der Waals surface area contributed by atoms with Crippen LogP contribution in [-0.4, -0.2) is 17.6 Å². The molecule has 0 spiro atoms. The lowest BCUT2D eigenvalue weighted by molar-refractivity contribution is -0.141. The fraction of sp³-hybridized carbons (Fsp3) is 0.300. The second-order valence-corrected chi connectivity index (χ2v) is 3.10. The zero-order valence-electron chi connectivity index (χ0n) is 8.02. The highest BCUT2D eigenvalue weighted by atomic mass is 35.5. The van der Waals surface area contributed by atoms with Crippen LogP contribution in [0.5, 0.6) is 0 Å². The number of nitrogens with two attached hydrogens (primary N) is 1. The maximum atomic E-state index is 12.7. The number of rotatable bonds is 4. The molecule has 5 heteroatoms. The summed E-state index contributed by atoms with van der Waals surface area (Å²) in [6.07, 6.45) is 0.267. The van der Waals surface area contributed by atoms with Gasteiger partial charge < -0.3 is 10.8 Å². The number of carboxylic acids is 1. The molecule has 0 saturated carbocycles. The van der Waals surface area contributed by atoms with E-state index in [1.807, 2.05) is 0 Å². The zero-order chi connectivity index (χ0) is 10.6. The van der Waals surface area contributed by atoms with E-state index >= 15 is 0 Å². The predicted octanol–water partition coefficient (Wildman–Crippen LogP) is 1.45. The van der Waals surface area contributed by atoms with E-state index in [1.54, 1.807) is 12.1 Å². The van der Waals surface area contributed by atoms with Gasteiger partial charge in [-0.05, 0) is 24.1 Å². The smallest absolute Gasteiger partial charge is 0.308 e. The summed E-state index contributed by atoms with van der Waals surface area (Å²) >= 11 is 0. The highest BCUT2D eigenvalue weighted by Gasteiger charge is 2.15. The molecule has 0 saturated heterocycles. The van der Waals surface area contributed by atoms with Crippen molar-refractivity contribution in [3.8, 4) is 0 Å². The molecule has 1 aromatic carbocycles. The van der Waals surface area contributed by atoms with Crippen molar-refractivity contribution >= 4 is 18.4 Å². The van der Waals surface area contributed by atoms with Gasteiger partial charge in [-0.2, -0.15) is 0 Å². The second-order valence-electron chi connectivity index (χ2n) is 3.10. The summed E-state index contributed by atoms with van der Waals surface area (Å²) < 4.78 is 12.7. The Bertz CT molecular complexity index is 333. The molecule has 0 amide bonds. The molecule has 3 nitrogen and oxygen atoms in total. The van der Waals surface area contributed by atoms with Crippen molar-refractivity contribution in [2.75, 3.05) is 6.54 Å². The summed E-state index contributed by atoms with van der Waals surface area (Å²) in [5, 5.41) is 8.73. The van der Waals surface area contributed by atoms with E-state index < -0.39 is 11.9 Å². The molecule has 0 bridgehead atoms. The van der Waals surface area contributed by atoms with Crippen molar-refractivity contribution in [1.29, 1.82) is 0 Å². The van der Waals surface area contributed by atoms with Crippen LogP contribution in [0.2, 0.25) is 0 Å². The third-order valence-corrected chi connectivity index (χ3v) is 2.00. The normalized spacial score (nSPS) is 11.6. The Morgan fingerprint density at radius 1 is 1.53 bits per heavy atom. The first kappa shape index (κ1) is 13.9. The molecule has 0 heterocycles. The van der Waals surface area contributed by atoms with Gasteiger partial charge in [0.05, 0.1) is 5.92 Å². The molecule has 84 valence electrons. The number of carbonyl (C=O) groups is 1. The van der Waals surface area contributed by atoms with Crippen LogP contribution < -0.4 is 5.73 Å². The van der Waals surface area contributed by atoms with Crippen molar-refractivity contribution in [3.63, 3.8) is 0 Å². The van der Waals surface area contributed by atoms with Gasteiger partial charge in [0.2, 0.25) is 0 Å². The zero-order valence-corrected chi connectivity index (χ0v) is 8.84. The Kier molecular flexibility index (Phi) is 5.89. The lowest BCUT2D eigenvalue weighted by Crippen LogP contribution is -2.25. The molecule has 1 atom stereocenters. The summed E-state index contributed by atoms with van der Waals surface area (Å²) in [5.41, 5.74) is 5.94. The van der Waals surface area contributed by atoms with Gasteiger partial charge in [0.25, 0.3) is 0 Å². The van der Waals surface area contributed by atoms with Crippen LogP contribution in [0.15, 0.2) is 24.3 Å². The van der Waals surface area contributed by atoms with Crippen molar-refractivity contribution in [2.45, 2.75) is 6.42 Å². The molecule has 0 aliphatic heterocycles. The highest BCUT2D eigenvalue weighted by Crippen LogP contribution is 2.09. The summed E-state index contributed by atoms with van der Waals surface area (Å²) in [5.74, 6) is -1.95. The number of benzene rings is 1. The number of halogens is 2. The Labute approximate surface area is 93.5 Å². The van der Waals surface area contributed by atoms with E-state index in [0.717, 1.165) is 0 Å². The van der Waals surface area contributed by atoms with Crippen molar-refractivity contribution in [1.82, 2.24) is 0 Å². The van der Waals surface area contributed by atoms with Crippen LogP contribution in [0.25, 0.3) is 0 Å². The fourth-order valence-corrected chi connectivity index (χ4v) is 1.22. The van der Waals surface area contributed by atoms with Crippen molar-refractivity contribution < 1.29 is 14.3 Å². The Morgan fingerprint density at radius 2 is 2.20 bits per heavy atom. The molecular formula is C10H13ClFNO2. The fourth-order valence-electron chi connectivity index (χ4n) is 1.22. The van der Waals surface area contributed by atoms with Crippen LogP contribution in [0, 0.1) is 11.7 Å². The Morgan fingerprint density at radius 3 is 2.67 bits per heavy atom. The first-order chi connectivity index (χ1) is 6.63. The molecule has 0 aliphatic rings. The largest absolute Gasteiger partial charge is 0.481 e. The molecule has 0 aromatic heterocycles. The number of carboxylic acid groups (broad SMARTS) is 1. The summed E-state index contributed by atoms with van der Waals surface area (Å²) in [7, 11) is 0. The molecule has 1 aromatic rings. The van der Waals surface area contributed by atoms with Gasteiger partial charge >= 0.3 is 5.97 Å². The maximum absolute atomic E-state index is 12.7. The van der Waals surface area contributed by atoms with Gasteiger partial charge in [0.15, 0.2) is 0 Å². The van der Waals surface area contributed by atoms with E-state index in [-0.39, 0.29) is 31.2 Å². The standard InChI is InChI=1S/C10H12FNO2.ClH/c11-9-3-1-2-7(5-9)4-8(6-12)10(13)14;/h1-3,5,8H,4,6,12H2,(H,13,14);1H/t8-;/m1./s1. The summed E-state index contributed by atoms with van der Waals surface area (Å²) in [4.78, 5) is 10.6. The van der Waals surface area contributed by atoms with Gasteiger partial charge in [0, 0.05) is 6.54 Å². The minimum absolute atomic E-state index is 0. The monoisotopic (exact) mass is 233 g/mol. The quantitative estimate of drug-likeness (QED) is 0.828. The average molecular weight is 234 g/mol. The highest BCUT2D eigenvalue weighted by molar-refractivity contribution is 5.85. The van der Waals surface area contributed by atoms with Crippen LogP contribution in [-0.2, 0) is 11.2 Å². The molecule has 0 unspecified atom stereocenters. The molecule has 3 N–H and O–H groups in total. The van der Waals surface area contributed by atoms with Crippen LogP contribution in [0.1, 0.15) is 5.56 Å². The molecule has 0 fully saturated rings. The van der Waals surface area contributed by atoms with Crippen LogP contribution in [0.4, 0.5) is 4.39 Å². The van der Waals surface area contributed by atoms with Crippen LogP contribution >= 0.6 is 12.4 Å². The third-order valence-electron chi connectivity index (χ3n) is 2.00. The molecule has 0 aliphatic carbocycles. The predicted molar refractivity (Wildman–Crippen MR) is 57.5 cm³/mol. The Hall–Kier alpha value is -1.13. The topological polar surface area (TPSA) is 63.3 Å². The third kappa shape index (κ3) is 4.27. The van der Waals surface area contributed by atoms with E-state index in [1.165, 1.54) is 12.1 Å². The Balaban J connectivity index is 0.00000196. The van der Waals surface area contributed by atoms with Gasteiger partial charge in [-0.3, -0.25) is 4.79 Å². The number of hydrogen-bond donors (Lipinski definition) is 2. The lowest BCUT2D eigenvalue weighted by Gasteiger charge is -2.08.